The summed E-state index contributed by atoms with van der Waals surface area (Å²) in [6.45, 7) is 0. The van der Waals surface area contributed by atoms with Gasteiger partial charge in [0.25, 0.3) is 10.0 Å². The second-order valence-electron chi connectivity index (χ2n) is 5.18. The van der Waals surface area contributed by atoms with Crippen LogP contribution in [0, 0.1) is 0 Å². The van der Waals surface area contributed by atoms with Crippen molar-refractivity contribution in [2.75, 3.05) is 4.72 Å². The zero-order chi connectivity index (χ0) is 19.7. The van der Waals surface area contributed by atoms with Crippen molar-refractivity contribution in [3.63, 3.8) is 0 Å². The van der Waals surface area contributed by atoms with E-state index < -0.39 is 27.0 Å². The maximum Gasteiger partial charge on any atom is 0.573 e. The van der Waals surface area contributed by atoms with Gasteiger partial charge in [0.05, 0.1) is 18.1 Å². The van der Waals surface area contributed by atoms with Gasteiger partial charge in [0.2, 0.25) is 0 Å². The summed E-state index contributed by atoms with van der Waals surface area (Å²) in [5.74, 6) is -0.470. The van der Waals surface area contributed by atoms with Crippen LogP contribution in [0.2, 0.25) is 5.02 Å². The van der Waals surface area contributed by atoms with Gasteiger partial charge in [-0.25, -0.2) is 8.42 Å². The summed E-state index contributed by atoms with van der Waals surface area (Å²) in [6, 6.07) is 7.45. The summed E-state index contributed by atoms with van der Waals surface area (Å²) in [4.78, 5) is 3.13. The minimum Gasteiger partial charge on any atom is -0.464 e. The molecule has 11 heteroatoms. The van der Waals surface area contributed by atoms with E-state index in [1.54, 1.807) is 12.1 Å². The third kappa shape index (κ3) is 4.72. The number of nitrogens with zero attached hydrogens (tertiary/aromatic N) is 1. The van der Waals surface area contributed by atoms with Crippen LogP contribution in [-0.4, -0.2) is 19.8 Å². The average Bonchev–Trinajstić information content (AvgIpc) is 3.09. The van der Waals surface area contributed by atoms with Gasteiger partial charge >= 0.3 is 6.36 Å². The Bertz CT molecular complexity index is 1050. The molecule has 0 aliphatic heterocycles. The van der Waals surface area contributed by atoms with E-state index in [4.69, 9.17) is 16.0 Å². The Morgan fingerprint density at radius 1 is 1.15 bits per heavy atom. The summed E-state index contributed by atoms with van der Waals surface area (Å²) in [5, 5.41) is -0.0765. The van der Waals surface area contributed by atoms with Gasteiger partial charge in [0, 0.05) is 16.8 Å². The number of benzene rings is 1. The minimum atomic E-state index is -5.07. The maximum atomic E-state index is 12.6. The van der Waals surface area contributed by atoms with E-state index in [0.29, 0.717) is 11.3 Å². The molecule has 0 aliphatic carbocycles. The van der Waals surface area contributed by atoms with E-state index in [1.165, 1.54) is 24.7 Å². The molecule has 0 fully saturated rings. The van der Waals surface area contributed by atoms with Gasteiger partial charge in [-0.2, -0.15) is 0 Å². The van der Waals surface area contributed by atoms with Crippen LogP contribution in [0.1, 0.15) is 0 Å². The predicted molar refractivity (Wildman–Crippen MR) is 90.9 cm³/mol. The Labute approximate surface area is 156 Å². The van der Waals surface area contributed by atoms with Crippen LogP contribution in [0.4, 0.5) is 18.9 Å². The van der Waals surface area contributed by atoms with Crippen molar-refractivity contribution in [2.24, 2.45) is 0 Å². The van der Waals surface area contributed by atoms with Gasteiger partial charge in [-0.1, -0.05) is 11.6 Å². The number of furan rings is 1. The highest BCUT2D eigenvalue weighted by Crippen LogP contribution is 2.33. The normalized spacial score (nSPS) is 12.0. The number of aromatic nitrogens is 1. The molecule has 0 unspecified atom stereocenters. The number of rotatable bonds is 5. The van der Waals surface area contributed by atoms with Gasteiger partial charge in [0.15, 0.2) is 0 Å². The lowest BCUT2D eigenvalue weighted by Gasteiger charge is -2.15. The van der Waals surface area contributed by atoms with Gasteiger partial charge in [-0.15, -0.1) is 13.2 Å². The predicted octanol–water partition coefficient (Wildman–Crippen LogP) is 4.69. The molecule has 2 heterocycles. The molecule has 0 saturated heterocycles. The van der Waals surface area contributed by atoms with E-state index in [2.05, 4.69) is 14.4 Å². The third-order valence-corrected chi connectivity index (χ3v) is 4.85. The lowest BCUT2D eigenvalue weighted by atomic mass is 10.2. The van der Waals surface area contributed by atoms with Gasteiger partial charge in [-0.3, -0.25) is 9.71 Å². The Kier molecular flexibility index (Phi) is 5.03. The molecule has 1 aromatic carbocycles. The van der Waals surface area contributed by atoms with Crippen LogP contribution in [0.25, 0.3) is 11.3 Å². The van der Waals surface area contributed by atoms with Crippen LogP contribution in [0.15, 0.2) is 64.4 Å². The van der Waals surface area contributed by atoms with Crippen LogP contribution in [0.3, 0.4) is 0 Å². The molecule has 0 bridgehead atoms. The number of pyridine rings is 1. The van der Waals surface area contributed by atoms with Crippen LogP contribution in [0.5, 0.6) is 5.75 Å². The number of hydrogen-bond donors (Lipinski definition) is 1. The highest BCUT2D eigenvalue weighted by Gasteiger charge is 2.34. The first-order valence-corrected chi connectivity index (χ1v) is 9.07. The quantitative estimate of drug-likeness (QED) is 0.649. The smallest absolute Gasteiger partial charge is 0.464 e. The number of alkyl halides is 3. The first-order chi connectivity index (χ1) is 12.6. The summed E-state index contributed by atoms with van der Waals surface area (Å²) < 4.78 is 74.0. The van der Waals surface area contributed by atoms with E-state index in [-0.39, 0.29) is 10.7 Å². The molecule has 0 saturated carbocycles. The zero-order valence-corrected chi connectivity index (χ0v) is 14.8. The molecule has 0 amide bonds. The fourth-order valence-corrected chi connectivity index (χ4v) is 3.61. The molecule has 142 valence electrons. The lowest BCUT2D eigenvalue weighted by molar-refractivity contribution is -0.275. The second-order valence-corrected chi connectivity index (χ2v) is 7.27. The van der Waals surface area contributed by atoms with Gasteiger partial charge in [-0.05, 0) is 36.4 Å². The van der Waals surface area contributed by atoms with E-state index in [9.17, 15) is 21.6 Å². The highest BCUT2D eigenvalue weighted by molar-refractivity contribution is 7.92. The minimum absolute atomic E-state index is 0.0156. The SMILES string of the molecule is O=S(=O)(Nc1cncc(-c2ccco2)c1)c1cc(Cl)ccc1OC(F)(F)F. The average molecular weight is 419 g/mol. The van der Waals surface area contributed by atoms with Crippen molar-refractivity contribution >= 4 is 27.3 Å². The molecule has 3 aromatic rings. The van der Waals surface area contributed by atoms with E-state index in [1.807, 2.05) is 0 Å². The second kappa shape index (κ2) is 7.12. The molecular weight excluding hydrogens is 409 g/mol. The molecule has 0 radical (unpaired) electrons. The lowest BCUT2D eigenvalue weighted by Crippen LogP contribution is -2.21. The van der Waals surface area contributed by atoms with Crippen molar-refractivity contribution in [1.29, 1.82) is 0 Å². The van der Waals surface area contributed by atoms with Crippen LogP contribution in [-0.2, 0) is 10.0 Å². The van der Waals surface area contributed by atoms with Gasteiger partial charge in [0.1, 0.15) is 16.4 Å². The molecule has 3 rings (SSSR count). The van der Waals surface area contributed by atoms with Crippen molar-refractivity contribution in [2.45, 2.75) is 11.3 Å². The number of halogens is 4. The summed E-state index contributed by atoms with van der Waals surface area (Å²) in [5.41, 5.74) is 0.486. The van der Waals surface area contributed by atoms with E-state index in [0.717, 1.165) is 18.2 Å². The number of anilines is 1. The Morgan fingerprint density at radius 3 is 2.59 bits per heavy atom. The number of sulfonamides is 1. The summed E-state index contributed by atoms with van der Waals surface area (Å²) in [6.07, 6.45) is -1.01. The molecule has 27 heavy (non-hydrogen) atoms. The van der Waals surface area contributed by atoms with Crippen molar-refractivity contribution < 1.29 is 30.7 Å². The fraction of sp³-hybridized carbons (Fsp3) is 0.0625. The van der Waals surface area contributed by atoms with E-state index >= 15 is 0 Å². The fourth-order valence-electron chi connectivity index (χ4n) is 2.18. The Balaban J connectivity index is 1.96. The van der Waals surface area contributed by atoms with Crippen molar-refractivity contribution in [3.8, 4) is 17.1 Å². The van der Waals surface area contributed by atoms with Gasteiger partial charge < -0.3 is 9.15 Å². The molecule has 6 nitrogen and oxygen atoms in total. The zero-order valence-electron chi connectivity index (χ0n) is 13.2. The number of nitrogens with one attached hydrogen (secondary N) is 1. The first kappa shape index (κ1) is 19.1. The summed E-state index contributed by atoms with van der Waals surface area (Å²) in [7, 11) is -4.45. The maximum absolute atomic E-state index is 12.6. The molecule has 0 spiro atoms. The van der Waals surface area contributed by atoms with Crippen LogP contribution < -0.4 is 9.46 Å². The number of ether oxygens (including phenoxy) is 1. The van der Waals surface area contributed by atoms with Crippen LogP contribution >= 0.6 is 11.6 Å². The van der Waals surface area contributed by atoms with Crippen molar-refractivity contribution in [1.82, 2.24) is 4.98 Å². The summed E-state index contributed by atoms with van der Waals surface area (Å²) >= 11 is 5.74. The molecule has 2 aromatic heterocycles. The molecule has 0 atom stereocenters. The number of hydrogen-bond acceptors (Lipinski definition) is 5. The monoisotopic (exact) mass is 418 g/mol. The molecular formula is C16H10ClF3N2O4S. The highest BCUT2D eigenvalue weighted by atomic mass is 35.5. The third-order valence-electron chi connectivity index (χ3n) is 3.22. The molecule has 1 N–H and O–H groups in total. The molecule has 0 aliphatic rings. The topological polar surface area (TPSA) is 81.4 Å². The Morgan fingerprint density at radius 2 is 1.93 bits per heavy atom. The standard InChI is InChI=1S/C16H10ClF3N2O4S/c17-11-3-4-14(26-16(18,19)20)15(7-11)27(23,24)22-12-6-10(8-21-9-12)13-2-1-5-25-13/h1-9,22H. The first-order valence-electron chi connectivity index (χ1n) is 7.21. The Hall–Kier alpha value is -2.72. The van der Waals surface area contributed by atoms with Crippen molar-refractivity contribution in [3.05, 3.63) is 60.1 Å². The largest absolute Gasteiger partial charge is 0.573 e.